The molecule has 0 heterocycles. The van der Waals surface area contributed by atoms with E-state index in [-0.39, 0.29) is 16.2 Å². The van der Waals surface area contributed by atoms with Crippen LogP contribution in [0.3, 0.4) is 0 Å². The summed E-state index contributed by atoms with van der Waals surface area (Å²) in [5.41, 5.74) is 13.4. The van der Waals surface area contributed by atoms with Crippen molar-refractivity contribution in [2.45, 2.75) is 71.6 Å². The van der Waals surface area contributed by atoms with Crippen LogP contribution in [-0.4, -0.2) is 0 Å². The van der Waals surface area contributed by atoms with Gasteiger partial charge in [0.05, 0.1) is 0 Å². The molecule has 0 saturated carbocycles. The van der Waals surface area contributed by atoms with Gasteiger partial charge in [-0.3, -0.25) is 0 Å². The minimum absolute atomic E-state index is 0.00883. The number of fused-ring (bicyclic) bond motifs is 3. The van der Waals surface area contributed by atoms with Gasteiger partial charge in [0, 0.05) is 16.8 Å². The molecule has 1 N–H and O–H groups in total. The first-order chi connectivity index (χ1) is 16.9. The highest BCUT2D eigenvalue weighted by molar-refractivity contribution is 5.83. The lowest BCUT2D eigenvalue weighted by Gasteiger charge is -2.32. The van der Waals surface area contributed by atoms with Crippen molar-refractivity contribution in [2.24, 2.45) is 0 Å². The van der Waals surface area contributed by atoms with Gasteiger partial charge in [0.2, 0.25) is 0 Å². The Morgan fingerprint density at radius 1 is 0.556 bits per heavy atom. The normalized spacial score (nSPS) is 14.3. The molecule has 1 nitrogen and oxygen atoms in total. The third kappa shape index (κ3) is 4.15. The maximum atomic E-state index is 3.66. The Morgan fingerprint density at radius 3 is 1.83 bits per heavy atom. The largest absolute Gasteiger partial charge is 0.356 e. The first-order valence-electron chi connectivity index (χ1n) is 13.1. The summed E-state index contributed by atoms with van der Waals surface area (Å²) in [6.45, 7) is 18.6. The van der Waals surface area contributed by atoms with E-state index in [1.165, 1.54) is 44.5 Å². The maximum absolute atomic E-state index is 3.66. The standard InChI is InChI=1S/C35H39N/c1-33(2,3)30-15-11-13-26(32(30)34(4,5)6)23-16-18-24(19-17-23)36-25-20-21-28-27-12-9-10-14-29(27)35(7,8)31(28)22-25/h9-22,36H,1-8H3. The van der Waals surface area contributed by atoms with Gasteiger partial charge in [-0.05, 0) is 79.6 Å². The van der Waals surface area contributed by atoms with Crippen molar-refractivity contribution in [3.63, 3.8) is 0 Å². The van der Waals surface area contributed by atoms with E-state index >= 15 is 0 Å². The quantitative estimate of drug-likeness (QED) is 0.312. The highest BCUT2D eigenvalue weighted by Gasteiger charge is 2.35. The number of hydrogen-bond acceptors (Lipinski definition) is 1. The Labute approximate surface area is 217 Å². The number of hydrogen-bond donors (Lipinski definition) is 1. The van der Waals surface area contributed by atoms with Crippen LogP contribution in [0.25, 0.3) is 22.3 Å². The second kappa shape index (κ2) is 8.37. The fraction of sp³-hybridized carbons (Fsp3) is 0.314. The predicted molar refractivity (Wildman–Crippen MR) is 157 cm³/mol. The summed E-state index contributed by atoms with van der Waals surface area (Å²) in [5.74, 6) is 0. The van der Waals surface area contributed by atoms with Crippen molar-refractivity contribution in [2.75, 3.05) is 5.32 Å². The molecule has 0 saturated heterocycles. The summed E-state index contributed by atoms with van der Waals surface area (Å²) in [6.07, 6.45) is 0. The lowest BCUT2D eigenvalue weighted by atomic mass is 9.72. The molecular formula is C35H39N. The van der Waals surface area contributed by atoms with E-state index in [4.69, 9.17) is 0 Å². The molecule has 0 atom stereocenters. The van der Waals surface area contributed by atoms with Crippen molar-refractivity contribution in [3.8, 4) is 22.3 Å². The molecule has 0 aliphatic heterocycles. The van der Waals surface area contributed by atoms with Gasteiger partial charge in [-0.25, -0.2) is 0 Å². The maximum Gasteiger partial charge on any atom is 0.0387 e. The number of nitrogens with one attached hydrogen (secondary N) is 1. The summed E-state index contributed by atoms with van der Waals surface area (Å²) in [4.78, 5) is 0. The number of rotatable bonds is 3. The van der Waals surface area contributed by atoms with Gasteiger partial charge in [0.25, 0.3) is 0 Å². The van der Waals surface area contributed by atoms with E-state index in [1.807, 2.05) is 0 Å². The van der Waals surface area contributed by atoms with E-state index < -0.39 is 0 Å². The van der Waals surface area contributed by atoms with Crippen LogP contribution in [0.1, 0.15) is 77.6 Å². The van der Waals surface area contributed by atoms with Gasteiger partial charge in [0.15, 0.2) is 0 Å². The summed E-state index contributed by atoms with van der Waals surface area (Å²) < 4.78 is 0. The van der Waals surface area contributed by atoms with Crippen molar-refractivity contribution in [1.82, 2.24) is 0 Å². The zero-order valence-electron chi connectivity index (χ0n) is 23.1. The molecule has 0 radical (unpaired) electrons. The molecule has 0 aromatic heterocycles. The second-order valence-corrected chi connectivity index (χ2v) is 12.9. The second-order valence-electron chi connectivity index (χ2n) is 12.9. The first kappa shape index (κ1) is 24.4. The molecule has 5 rings (SSSR count). The van der Waals surface area contributed by atoms with Crippen LogP contribution in [0.4, 0.5) is 11.4 Å². The topological polar surface area (TPSA) is 12.0 Å². The van der Waals surface area contributed by atoms with Crippen LogP contribution < -0.4 is 5.32 Å². The van der Waals surface area contributed by atoms with E-state index in [2.05, 4.69) is 146 Å². The highest BCUT2D eigenvalue weighted by atomic mass is 14.9. The van der Waals surface area contributed by atoms with Crippen LogP contribution >= 0.6 is 0 Å². The smallest absolute Gasteiger partial charge is 0.0387 e. The minimum Gasteiger partial charge on any atom is -0.356 e. The fourth-order valence-corrected chi connectivity index (χ4v) is 5.91. The average molecular weight is 474 g/mol. The van der Waals surface area contributed by atoms with Gasteiger partial charge >= 0.3 is 0 Å². The van der Waals surface area contributed by atoms with Gasteiger partial charge in [-0.1, -0.05) is 116 Å². The molecule has 0 bridgehead atoms. The Hall–Kier alpha value is -3.32. The molecule has 184 valence electrons. The SMILES string of the molecule is CC(C)(C)c1cccc(-c2ccc(Nc3ccc4c(c3)C(C)(C)c3ccccc3-4)cc2)c1C(C)(C)C. The Morgan fingerprint density at radius 2 is 1.17 bits per heavy atom. The first-order valence-corrected chi connectivity index (χ1v) is 13.1. The zero-order chi connectivity index (χ0) is 25.9. The fourth-order valence-electron chi connectivity index (χ4n) is 5.91. The minimum atomic E-state index is 0.00883. The van der Waals surface area contributed by atoms with E-state index in [0.29, 0.717) is 0 Å². The van der Waals surface area contributed by atoms with Crippen LogP contribution in [-0.2, 0) is 16.2 Å². The highest BCUT2D eigenvalue weighted by Crippen LogP contribution is 2.49. The van der Waals surface area contributed by atoms with Crippen molar-refractivity contribution in [3.05, 3.63) is 107 Å². The van der Waals surface area contributed by atoms with Gasteiger partial charge in [0.1, 0.15) is 0 Å². The molecule has 0 spiro atoms. The average Bonchev–Trinajstić information content (AvgIpc) is 3.05. The molecule has 0 fully saturated rings. The predicted octanol–water partition coefficient (Wildman–Crippen LogP) is 10.00. The van der Waals surface area contributed by atoms with Gasteiger partial charge < -0.3 is 5.32 Å². The third-order valence-corrected chi connectivity index (χ3v) is 7.69. The van der Waals surface area contributed by atoms with Crippen molar-refractivity contribution < 1.29 is 0 Å². The zero-order valence-corrected chi connectivity index (χ0v) is 23.1. The van der Waals surface area contributed by atoms with Crippen LogP contribution in [0.5, 0.6) is 0 Å². The van der Waals surface area contributed by atoms with E-state index in [0.717, 1.165) is 11.4 Å². The van der Waals surface area contributed by atoms with Crippen LogP contribution in [0, 0.1) is 0 Å². The lowest BCUT2D eigenvalue weighted by Crippen LogP contribution is -2.23. The summed E-state index contributed by atoms with van der Waals surface area (Å²) in [7, 11) is 0. The molecule has 1 aliphatic carbocycles. The van der Waals surface area contributed by atoms with Crippen LogP contribution in [0.15, 0.2) is 84.9 Å². The molecule has 36 heavy (non-hydrogen) atoms. The van der Waals surface area contributed by atoms with Gasteiger partial charge in [-0.15, -0.1) is 0 Å². The van der Waals surface area contributed by atoms with E-state index in [1.54, 1.807) is 0 Å². The Kier molecular flexibility index (Phi) is 5.67. The van der Waals surface area contributed by atoms with Gasteiger partial charge in [-0.2, -0.15) is 0 Å². The number of benzene rings is 4. The molecule has 4 aromatic rings. The summed E-state index contributed by atoms with van der Waals surface area (Å²) in [5, 5.41) is 3.66. The monoisotopic (exact) mass is 473 g/mol. The molecule has 0 unspecified atom stereocenters. The molecule has 0 amide bonds. The van der Waals surface area contributed by atoms with Crippen molar-refractivity contribution in [1.29, 1.82) is 0 Å². The molecule has 1 aliphatic rings. The third-order valence-electron chi connectivity index (χ3n) is 7.69. The van der Waals surface area contributed by atoms with E-state index in [9.17, 15) is 0 Å². The molecule has 4 aromatic carbocycles. The summed E-state index contributed by atoms with van der Waals surface area (Å²) in [6, 6.07) is 31.3. The summed E-state index contributed by atoms with van der Waals surface area (Å²) >= 11 is 0. The van der Waals surface area contributed by atoms with Crippen molar-refractivity contribution >= 4 is 11.4 Å². The Bertz CT molecular complexity index is 1420. The Balaban J connectivity index is 1.46. The van der Waals surface area contributed by atoms with Crippen LogP contribution in [0.2, 0.25) is 0 Å². The lowest BCUT2D eigenvalue weighted by molar-refractivity contribution is 0.531. The number of anilines is 2. The molecular weight excluding hydrogens is 434 g/mol. The molecule has 1 heteroatoms.